The van der Waals surface area contributed by atoms with Gasteiger partial charge in [-0.2, -0.15) is 11.8 Å². The Morgan fingerprint density at radius 3 is 2.82 bits per heavy atom. The number of nitrogens with zero attached hydrogens (tertiary/aromatic N) is 1. The largest absolute Gasteiger partial charge is 0.378 e. The number of ether oxygens (including phenoxy) is 1. The molecule has 1 saturated heterocycles. The minimum atomic E-state index is 0.148. The number of nitrogens with two attached hydrogens (primary N) is 1. The average Bonchev–Trinajstić information content (AvgIpc) is 2.34. The second kappa shape index (κ2) is 6.98. The molecule has 2 N–H and O–H groups in total. The van der Waals surface area contributed by atoms with Crippen molar-refractivity contribution in [1.82, 2.24) is 4.90 Å². The third kappa shape index (κ3) is 3.85. The highest BCUT2D eigenvalue weighted by molar-refractivity contribution is 7.98. The van der Waals surface area contributed by atoms with E-state index in [1.807, 2.05) is 11.8 Å². The summed E-state index contributed by atoms with van der Waals surface area (Å²) >= 11 is 1.92. The molecule has 4 heteroatoms. The van der Waals surface area contributed by atoms with Crippen LogP contribution in [0.25, 0.3) is 0 Å². The quantitative estimate of drug-likeness (QED) is 0.792. The molecule has 3 atom stereocenters. The Morgan fingerprint density at radius 1 is 1.59 bits per heavy atom. The number of likely N-dealkylation sites (N-methyl/N-ethyl adjacent to an activating group) is 1. The summed E-state index contributed by atoms with van der Waals surface area (Å²) in [4.78, 5) is 2.50. The van der Waals surface area contributed by atoms with Crippen molar-refractivity contribution in [3.63, 3.8) is 0 Å². The highest BCUT2D eigenvalue weighted by Gasteiger charge is 2.39. The van der Waals surface area contributed by atoms with Crippen molar-refractivity contribution in [1.29, 1.82) is 0 Å². The number of thioether (sulfide) groups is 1. The molecule has 0 aromatic heterocycles. The molecule has 1 heterocycles. The Balaban J connectivity index is 2.64. The van der Waals surface area contributed by atoms with Crippen molar-refractivity contribution in [3.8, 4) is 0 Å². The van der Waals surface area contributed by atoms with Gasteiger partial charge in [0.05, 0.1) is 6.10 Å². The zero-order chi connectivity index (χ0) is 12.9. The molecule has 0 bridgehead atoms. The molecular formula is C13H28N2OS. The van der Waals surface area contributed by atoms with Crippen LogP contribution >= 0.6 is 11.8 Å². The molecule has 0 amide bonds. The first kappa shape index (κ1) is 15.3. The van der Waals surface area contributed by atoms with E-state index in [1.54, 1.807) is 0 Å². The van der Waals surface area contributed by atoms with Crippen LogP contribution in [0.5, 0.6) is 0 Å². The summed E-state index contributed by atoms with van der Waals surface area (Å²) in [6, 6.07) is 0.594. The molecule has 3 nitrogen and oxygen atoms in total. The van der Waals surface area contributed by atoms with Crippen LogP contribution in [0, 0.1) is 0 Å². The van der Waals surface area contributed by atoms with Crippen LogP contribution in [-0.2, 0) is 4.74 Å². The molecule has 1 aliphatic heterocycles. The topological polar surface area (TPSA) is 38.5 Å². The van der Waals surface area contributed by atoms with Crippen LogP contribution in [0.15, 0.2) is 0 Å². The predicted octanol–water partition coefficient (Wildman–Crippen LogP) is 1.96. The van der Waals surface area contributed by atoms with Gasteiger partial charge in [0.25, 0.3) is 0 Å². The number of hydrogen-bond acceptors (Lipinski definition) is 4. The first-order chi connectivity index (χ1) is 8.05. The van der Waals surface area contributed by atoms with Crippen LogP contribution in [0.3, 0.4) is 0 Å². The molecule has 0 aromatic rings. The summed E-state index contributed by atoms with van der Waals surface area (Å²) in [7, 11) is 2.23. The van der Waals surface area contributed by atoms with Gasteiger partial charge in [-0.15, -0.1) is 0 Å². The predicted molar refractivity (Wildman–Crippen MR) is 76.7 cm³/mol. The lowest BCUT2D eigenvalue weighted by atomic mass is 9.84. The minimum absolute atomic E-state index is 0.148. The lowest BCUT2D eigenvalue weighted by Gasteiger charge is -2.48. The van der Waals surface area contributed by atoms with Crippen molar-refractivity contribution < 1.29 is 4.74 Å². The van der Waals surface area contributed by atoms with Gasteiger partial charge in [-0.3, -0.25) is 4.90 Å². The molecule has 102 valence electrons. The first-order valence-electron chi connectivity index (χ1n) is 6.59. The summed E-state index contributed by atoms with van der Waals surface area (Å²) in [5.74, 6) is 1.22. The van der Waals surface area contributed by atoms with E-state index in [-0.39, 0.29) is 5.54 Å². The van der Waals surface area contributed by atoms with E-state index < -0.39 is 0 Å². The van der Waals surface area contributed by atoms with Gasteiger partial charge in [-0.25, -0.2) is 0 Å². The standard InChI is InChI=1S/C13H28N2OS/c1-11(5-8-17-4)15(3)13(10-14)6-7-16-12(2)9-13/h11-12H,5-10,14H2,1-4H3. The van der Waals surface area contributed by atoms with E-state index >= 15 is 0 Å². The summed E-state index contributed by atoms with van der Waals surface area (Å²) in [6.45, 7) is 6.05. The van der Waals surface area contributed by atoms with Crippen molar-refractivity contribution >= 4 is 11.8 Å². The molecule has 1 aliphatic rings. The Kier molecular flexibility index (Phi) is 6.27. The van der Waals surface area contributed by atoms with E-state index in [0.29, 0.717) is 12.1 Å². The third-order valence-corrected chi connectivity index (χ3v) is 4.81. The van der Waals surface area contributed by atoms with Crippen LogP contribution in [0.4, 0.5) is 0 Å². The van der Waals surface area contributed by atoms with E-state index in [2.05, 4.69) is 32.1 Å². The zero-order valence-electron chi connectivity index (χ0n) is 11.7. The fraction of sp³-hybridized carbons (Fsp3) is 1.00. The Bertz CT molecular complexity index is 227. The normalized spacial score (nSPS) is 31.8. The second-order valence-electron chi connectivity index (χ2n) is 5.31. The van der Waals surface area contributed by atoms with Gasteiger partial charge in [-0.05, 0) is 52.2 Å². The van der Waals surface area contributed by atoms with Gasteiger partial charge >= 0.3 is 0 Å². The van der Waals surface area contributed by atoms with Crippen molar-refractivity contribution in [2.24, 2.45) is 5.73 Å². The monoisotopic (exact) mass is 260 g/mol. The molecule has 0 spiro atoms. The van der Waals surface area contributed by atoms with Crippen LogP contribution < -0.4 is 5.73 Å². The molecule has 17 heavy (non-hydrogen) atoms. The molecule has 1 rings (SSSR count). The lowest BCUT2D eigenvalue weighted by molar-refractivity contribution is -0.0662. The van der Waals surface area contributed by atoms with Gasteiger partial charge < -0.3 is 10.5 Å². The summed E-state index contributed by atoms with van der Waals surface area (Å²) in [6.07, 6.45) is 5.86. The zero-order valence-corrected chi connectivity index (χ0v) is 12.6. The first-order valence-corrected chi connectivity index (χ1v) is 7.98. The number of rotatable bonds is 6. The fourth-order valence-corrected chi connectivity index (χ4v) is 3.32. The van der Waals surface area contributed by atoms with Gasteiger partial charge in [0.2, 0.25) is 0 Å². The maximum atomic E-state index is 6.07. The van der Waals surface area contributed by atoms with E-state index in [4.69, 9.17) is 10.5 Å². The van der Waals surface area contributed by atoms with Gasteiger partial charge in [-0.1, -0.05) is 0 Å². The van der Waals surface area contributed by atoms with Crippen LogP contribution in [-0.4, -0.2) is 54.8 Å². The molecule has 0 aliphatic carbocycles. The second-order valence-corrected chi connectivity index (χ2v) is 6.29. The Labute approximate surface area is 110 Å². The van der Waals surface area contributed by atoms with Crippen molar-refractivity contribution in [3.05, 3.63) is 0 Å². The van der Waals surface area contributed by atoms with E-state index in [9.17, 15) is 0 Å². The third-order valence-electron chi connectivity index (χ3n) is 4.17. The lowest BCUT2D eigenvalue weighted by Crippen LogP contribution is -2.59. The van der Waals surface area contributed by atoms with Gasteiger partial charge in [0.15, 0.2) is 0 Å². The summed E-state index contributed by atoms with van der Waals surface area (Å²) in [5.41, 5.74) is 6.21. The van der Waals surface area contributed by atoms with Gasteiger partial charge in [0, 0.05) is 24.7 Å². The highest BCUT2D eigenvalue weighted by atomic mass is 32.2. The summed E-state index contributed by atoms with van der Waals surface area (Å²) < 4.78 is 5.66. The van der Waals surface area contributed by atoms with Crippen LogP contribution in [0.2, 0.25) is 0 Å². The maximum absolute atomic E-state index is 6.07. The molecular weight excluding hydrogens is 232 g/mol. The SMILES string of the molecule is CSCCC(C)N(C)C1(CN)CCOC(C)C1. The Morgan fingerprint density at radius 2 is 2.29 bits per heavy atom. The van der Waals surface area contributed by atoms with Gasteiger partial charge in [0.1, 0.15) is 0 Å². The average molecular weight is 260 g/mol. The molecule has 3 unspecified atom stereocenters. The van der Waals surface area contributed by atoms with Crippen molar-refractivity contribution in [2.75, 3.05) is 32.2 Å². The Hall–Kier alpha value is 0.230. The van der Waals surface area contributed by atoms with E-state index in [0.717, 1.165) is 26.0 Å². The maximum Gasteiger partial charge on any atom is 0.0565 e. The molecule has 0 radical (unpaired) electrons. The van der Waals surface area contributed by atoms with Crippen molar-refractivity contribution in [2.45, 2.75) is 50.8 Å². The molecule has 0 aromatic carbocycles. The molecule has 0 saturated carbocycles. The van der Waals surface area contributed by atoms with Crippen LogP contribution in [0.1, 0.15) is 33.1 Å². The van der Waals surface area contributed by atoms with E-state index in [1.165, 1.54) is 12.2 Å². The molecule has 1 fully saturated rings. The smallest absolute Gasteiger partial charge is 0.0565 e. The minimum Gasteiger partial charge on any atom is -0.378 e. The number of hydrogen-bond donors (Lipinski definition) is 1. The highest BCUT2D eigenvalue weighted by Crippen LogP contribution is 2.31. The summed E-state index contributed by atoms with van der Waals surface area (Å²) in [5, 5.41) is 0. The fourth-order valence-electron chi connectivity index (χ4n) is 2.75.